The van der Waals surface area contributed by atoms with E-state index in [2.05, 4.69) is 19.2 Å². The topological polar surface area (TPSA) is 46.2 Å². The van der Waals surface area contributed by atoms with Gasteiger partial charge in [-0.15, -0.1) is 0 Å². The Bertz CT molecular complexity index is 512. The summed E-state index contributed by atoms with van der Waals surface area (Å²) in [7, 11) is -3.24. The average Bonchev–Trinajstić information content (AvgIpc) is 2.28. The first kappa shape index (κ1) is 16.5. The zero-order valence-corrected chi connectivity index (χ0v) is 13.3. The van der Waals surface area contributed by atoms with Gasteiger partial charge in [-0.2, -0.15) is 0 Å². The Hall–Kier alpha value is -0.580. The van der Waals surface area contributed by atoms with Crippen LogP contribution in [-0.4, -0.2) is 21.2 Å². The predicted molar refractivity (Wildman–Crippen MR) is 80.3 cm³/mol. The zero-order chi connectivity index (χ0) is 14.5. The Kier molecular flexibility index (Phi) is 6.30. The standard InChI is InChI=1S/C14H22ClNO2S/c1-11(2)6-5-9-16-10-12-13(15)7-4-8-14(12)19(3,17)18/h4,7-8,11,16H,5-6,9-10H2,1-3H3. The van der Waals surface area contributed by atoms with Gasteiger partial charge < -0.3 is 5.32 Å². The van der Waals surface area contributed by atoms with Crippen molar-refractivity contribution >= 4 is 21.4 Å². The summed E-state index contributed by atoms with van der Waals surface area (Å²) in [6.45, 7) is 5.73. The van der Waals surface area contributed by atoms with Crippen molar-refractivity contribution in [3.8, 4) is 0 Å². The summed E-state index contributed by atoms with van der Waals surface area (Å²) in [6, 6.07) is 4.99. The highest BCUT2D eigenvalue weighted by Gasteiger charge is 2.15. The van der Waals surface area contributed by atoms with Gasteiger partial charge in [0, 0.05) is 23.4 Å². The van der Waals surface area contributed by atoms with Gasteiger partial charge in [-0.1, -0.05) is 31.5 Å². The second-order valence-electron chi connectivity index (χ2n) is 5.20. The Morgan fingerprint density at radius 3 is 2.58 bits per heavy atom. The molecule has 0 saturated carbocycles. The molecule has 19 heavy (non-hydrogen) atoms. The summed E-state index contributed by atoms with van der Waals surface area (Å²) in [5, 5.41) is 3.76. The van der Waals surface area contributed by atoms with E-state index in [0.29, 0.717) is 27.9 Å². The molecule has 1 N–H and O–H groups in total. The molecule has 1 aromatic carbocycles. The number of hydrogen-bond acceptors (Lipinski definition) is 3. The molecule has 1 aromatic rings. The smallest absolute Gasteiger partial charge is 0.175 e. The normalized spacial score (nSPS) is 12.1. The minimum absolute atomic E-state index is 0.316. The molecule has 0 saturated heterocycles. The van der Waals surface area contributed by atoms with E-state index in [1.54, 1.807) is 18.2 Å². The molecule has 0 atom stereocenters. The lowest BCUT2D eigenvalue weighted by Crippen LogP contribution is -2.17. The van der Waals surface area contributed by atoms with Gasteiger partial charge in [-0.3, -0.25) is 0 Å². The SMILES string of the molecule is CC(C)CCCNCc1c(Cl)cccc1S(C)(=O)=O. The summed E-state index contributed by atoms with van der Waals surface area (Å²) in [4.78, 5) is 0.316. The van der Waals surface area contributed by atoms with Crippen LogP contribution in [0.2, 0.25) is 5.02 Å². The summed E-state index contributed by atoms with van der Waals surface area (Å²) < 4.78 is 23.4. The van der Waals surface area contributed by atoms with E-state index in [9.17, 15) is 8.42 Å². The van der Waals surface area contributed by atoms with Gasteiger partial charge in [-0.05, 0) is 37.4 Å². The summed E-state index contributed by atoms with van der Waals surface area (Å²) >= 11 is 6.09. The second kappa shape index (κ2) is 7.27. The van der Waals surface area contributed by atoms with E-state index in [0.717, 1.165) is 19.4 Å². The maximum Gasteiger partial charge on any atom is 0.175 e. The van der Waals surface area contributed by atoms with E-state index < -0.39 is 9.84 Å². The van der Waals surface area contributed by atoms with Gasteiger partial charge in [-0.25, -0.2) is 8.42 Å². The fourth-order valence-corrected chi connectivity index (χ4v) is 3.16. The third-order valence-electron chi connectivity index (χ3n) is 2.91. The zero-order valence-electron chi connectivity index (χ0n) is 11.7. The molecule has 0 radical (unpaired) electrons. The number of sulfone groups is 1. The van der Waals surface area contributed by atoms with Gasteiger partial charge >= 0.3 is 0 Å². The molecule has 3 nitrogen and oxygen atoms in total. The van der Waals surface area contributed by atoms with Crippen molar-refractivity contribution in [2.75, 3.05) is 12.8 Å². The third kappa shape index (κ3) is 5.51. The van der Waals surface area contributed by atoms with Crippen molar-refractivity contribution in [1.82, 2.24) is 5.32 Å². The van der Waals surface area contributed by atoms with E-state index >= 15 is 0 Å². The molecule has 1 rings (SSSR count). The van der Waals surface area contributed by atoms with Crippen LogP contribution in [0.15, 0.2) is 23.1 Å². The number of halogens is 1. The first-order chi connectivity index (χ1) is 8.82. The van der Waals surface area contributed by atoms with Crippen LogP contribution in [0.3, 0.4) is 0 Å². The minimum Gasteiger partial charge on any atom is -0.313 e. The van der Waals surface area contributed by atoms with Crippen LogP contribution >= 0.6 is 11.6 Å². The van der Waals surface area contributed by atoms with Crippen LogP contribution in [0.1, 0.15) is 32.3 Å². The van der Waals surface area contributed by atoms with Crippen molar-refractivity contribution in [2.45, 2.75) is 38.1 Å². The first-order valence-corrected chi connectivity index (χ1v) is 8.77. The fraction of sp³-hybridized carbons (Fsp3) is 0.571. The quantitative estimate of drug-likeness (QED) is 0.786. The highest BCUT2D eigenvalue weighted by Crippen LogP contribution is 2.23. The highest BCUT2D eigenvalue weighted by molar-refractivity contribution is 7.90. The molecule has 0 spiro atoms. The van der Waals surface area contributed by atoms with Crippen LogP contribution in [0.5, 0.6) is 0 Å². The Morgan fingerprint density at radius 2 is 2.00 bits per heavy atom. The maximum atomic E-state index is 11.7. The fourth-order valence-electron chi connectivity index (χ4n) is 1.91. The maximum absolute atomic E-state index is 11.7. The molecule has 5 heteroatoms. The van der Waals surface area contributed by atoms with E-state index in [4.69, 9.17) is 11.6 Å². The molecule has 0 aliphatic carbocycles. The van der Waals surface area contributed by atoms with Gasteiger partial charge in [0.1, 0.15) is 0 Å². The molecule has 0 unspecified atom stereocenters. The summed E-state index contributed by atoms with van der Waals surface area (Å²) in [5.74, 6) is 0.689. The number of nitrogens with one attached hydrogen (secondary N) is 1. The second-order valence-corrected chi connectivity index (χ2v) is 7.59. The number of rotatable bonds is 7. The summed E-state index contributed by atoms with van der Waals surface area (Å²) in [6.07, 6.45) is 3.45. The van der Waals surface area contributed by atoms with Crippen molar-refractivity contribution in [3.05, 3.63) is 28.8 Å². The molecule has 108 valence electrons. The summed E-state index contributed by atoms with van der Waals surface area (Å²) in [5.41, 5.74) is 0.663. The number of benzene rings is 1. The lowest BCUT2D eigenvalue weighted by molar-refractivity contribution is 0.526. The minimum atomic E-state index is -3.24. The molecular formula is C14H22ClNO2S. The Labute approximate surface area is 121 Å². The first-order valence-electron chi connectivity index (χ1n) is 6.50. The van der Waals surface area contributed by atoms with Gasteiger partial charge in [0.05, 0.1) is 4.90 Å². The molecule has 0 heterocycles. The lowest BCUT2D eigenvalue weighted by atomic mass is 10.1. The van der Waals surface area contributed by atoms with Crippen LogP contribution in [0.25, 0.3) is 0 Å². The van der Waals surface area contributed by atoms with Crippen molar-refractivity contribution < 1.29 is 8.42 Å². The molecule has 0 aliphatic rings. The largest absolute Gasteiger partial charge is 0.313 e. The third-order valence-corrected chi connectivity index (χ3v) is 4.45. The Balaban J connectivity index is 2.68. The van der Waals surface area contributed by atoms with Crippen molar-refractivity contribution in [2.24, 2.45) is 5.92 Å². The lowest BCUT2D eigenvalue weighted by Gasteiger charge is -2.11. The van der Waals surface area contributed by atoms with Gasteiger partial charge in [0.25, 0.3) is 0 Å². The molecule has 0 fully saturated rings. The van der Waals surface area contributed by atoms with E-state index in [1.807, 2.05) is 0 Å². The van der Waals surface area contributed by atoms with Crippen molar-refractivity contribution in [1.29, 1.82) is 0 Å². The molecule has 0 bridgehead atoms. The van der Waals surface area contributed by atoms with Crippen molar-refractivity contribution in [3.63, 3.8) is 0 Å². The monoisotopic (exact) mass is 303 g/mol. The van der Waals surface area contributed by atoms with Gasteiger partial charge in [0.2, 0.25) is 0 Å². The molecular weight excluding hydrogens is 282 g/mol. The van der Waals surface area contributed by atoms with Crippen LogP contribution in [-0.2, 0) is 16.4 Å². The molecule has 0 aromatic heterocycles. The average molecular weight is 304 g/mol. The highest BCUT2D eigenvalue weighted by atomic mass is 35.5. The van der Waals surface area contributed by atoms with Crippen LogP contribution in [0.4, 0.5) is 0 Å². The van der Waals surface area contributed by atoms with Gasteiger partial charge in [0.15, 0.2) is 9.84 Å². The van der Waals surface area contributed by atoms with E-state index in [1.165, 1.54) is 6.26 Å². The van der Waals surface area contributed by atoms with Crippen LogP contribution < -0.4 is 5.32 Å². The van der Waals surface area contributed by atoms with E-state index in [-0.39, 0.29) is 0 Å². The number of hydrogen-bond donors (Lipinski definition) is 1. The Morgan fingerprint density at radius 1 is 1.32 bits per heavy atom. The predicted octanol–water partition coefficient (Wildman–Crippen LogP) is 3.27. The molecule has 0 aliphatic heterocycles. The molecule has 0 amide bonds. The van der Waals surface area contributed by atoms with Crippen LogP contribution in [0, 0.1) is 5.92 Å².